The number of alkyl halides is 3. The molecule has 0 aromatic heterocycles. The molecule has 0 atom stereocenters. The van der Waals surface area contributed by atoms with E-state index in [9.17, 15) is 13.2 Å². The number of hydrogen-bond acceptors (Lipinski definition) is 4. The average Bonchev–Trinajstić information content (AvgIpc) is 2.44. The van der Waals surface area contributed by atoms with Gasteiger partial charge in [0.15, 0.2) is 5.75 Å². The van der Waals surface area contributed by atoms with E-state index in [-0.39, 0.29) is 22.9 Å². The summed E-state index contributed by atoms with van der Waals surface area (Å²) in [6.45, 7) is 8.84. The summed E-state index contributed by atoms with van der Waals surface area (Å²) in [4.78, 5) is 2.39. The summed E-state index contributed by atoms with van der Waals surface area (Å²) in [6.07, 6.45) is -2.81. The van der Waals surface area contributed by atoms with E-state index >= 15 is 0 Å². The number of nitrogens with zero attached hydrogens (tertiary/aromatic N) is 1. The first-order chi connectivity index (χ1) is 11.3. The van der Waals surface area contributed by atoms with E-state index in [2.05, 4.69) is 55.0 Å². The van der Waals surface area contributed by atoms with Gasteiger partial charge in [0.05, 0.1) is 5.69 Å². The van der Waals surface area contributed by atoms with Crippen LogP contribution in [0.4, 0.5) is 24.5 Å². The number of piperidine rings is 1. The zero-order valence-corrected chi connectivity index (χ0v) is 15.7. The molecule has 0 bridgehead atoms. The first-order valence-corrected chi connectivity index (χ1v) is 8.42. The van der Waals surface area contributed by atoms with E-state index in [4.69, 9.17) is 0 Å². The molecule has 1 aliphatic heterocycles. The van der Waals surface area contributed by atoms with Crippen LogP contribution >= 0.6 is 0 Å². The van der Waals surface area contributed by atoms with Crippen LogP contribution in [-0.2, 0) is 0 Å². The Balaban J connectivity index is 2.18. The van der Waals surface area contributed by atoms with Crippen LogP contribution in [0.1, 0.15) is 40.5 Å². The molecule has 0 amide bonds. The van der Waals surface area contributed by atoms with Gasteiger partial charge in [0, 0.05) is 29.9 Å². The quantitative estimate of drug-likeness (QED) is 0.818. The molecule has 1 aromatic rings. The van der Waals surface area contributed by atoms with Gasteiger partial charge in [-0.2, -0.15) is 0 Å². The predicted octanol–water partition coefficient (Wildman–Crippen LogP) is 4.69. The number of nitrogens with one attached hydrogen (secondary N) is 2. The normalized spacial score (nSPS) is 21.0. The summed E-state index contributed by atoms with van der Waals surface area (Å²) in [5.74, 6) is -0.232. The van der Waals surface area contributed by atoms with Gasteiger partial charge in [0.25, 0.3) is 0 Å². The standard InChI is InChI=1S/C18H28F3N3O/c1-16(2)10-13(11-17(3,4)24(16)6)23-12-7-8-15(14(9-12)22-5)25-18(19,20)21/h7-9,13,22-23H,10-11H2,1-6H3. The molecular weight excluding hydrogens is 331 g/mol. The number of benzene rings is 1. The summed E-state index contributed by atoms with van der Waals surface area (Å²) in [5.41, 5.74) is 1.14. The maximum atomic E-state index is 12.5. The summed E-state index contributed by atoms with van der Waals surface area (Å²) in [7, 11) is 3.71. The highest BCUT2D eigenvalue weighted by atomic mass is 19.4. The van der Waals surface area contributed by atoms with E-state index in [1.807, 2.05) is 0 Å². The summed E-state index contributed by atoms with van der Waals surface area (Å²) in [5, 5.41) is 6.24. The lowest BCUT2D eigenvalue weighted by Crippen LogP contribution is -2.61. The first-order valence-electron chi connectivity index (χ1n) is 8.42. The minimum atomic E-state index is -4.71. The third-order valence-corrected chi connectivity index (χ3v) is 5.15. The molecule has 25 heavy (non-hydrogen) atoms. The number of halogens is 3. The van der Waals surface area contributed by atoms with Crippen molar-refractivity contribution < 1.29 is 17.9 Å². The van der Waals surface area contributed by atoms with Crippen LogP contribution in [0.2, 0.25) is 0 Å². The Morgan fingerprint density at radius 1 is 1.12 bits per heavy atom. The van der Waals surface area contributed by atoms with Crippen molar-refractivity contribution in [2.24, 2.45) is 0 Å². The van der Waals surface area contributed by atoms with Crippen LogP contribution in [0.3, 0.4) is 0 Å². The minimum absolute atomic E-state index is 0.0323. The highest BCUT2D eigenvalue weighted by Gasteiger charge is 2.43. The number of anilines is 2. The monoisotopic (exact) mass is 359 g/mol. The smallest absolute Gasteiger partial charge is 0.404 e. The fourth-order valence-corrected chi connectivity index (χ4v) is 3.74. The van der Waals surface area contributed by atoms with Crippen molar-refractivity contribution in [3.63, 3.8) is 0 Å². The van der Waals surface area contributed by atoms with Crippen molar-refractivity contribution in [3.8, 4) is 5.75 Å². The van der Waals surface area contributed by atoms with Crippen LogP contribution < -0.4 is 15.4 Å². The molecule has 1 aliphatic rings. The van der Waals surface area contributed by atoms with Gasteiger partial charge in [-0.15, -0.1) is 13.2 Å². The van der Waals surface area contributed by atoms with Gasteiger partial charge >= 0.3 is 6.36 Å². The van der Waals surface area contributed by atoms with Crippen molar-refractivity contribution in [2.45, 2.75) is 64.0 Å². The molecule has 0 aliphatic carbocycles. The lowest BCUT2D eigenvalue weighted by Gasteiger charge is -2.54. The van der Waals surface area contributed by atoms with Crippen molar-refractivity contribution in [1.29, 1.82) is 0 Å². The first kappa shape index (κ1) is 19.7. The largest absolute Gasteiger partial charge is 0.573 e. The van der Waals surface area contributed by atoms with E-state index < -0.39 is 6.36 Å². The molecule has 0 spiro atoms. The van der Waals surface area contributed by atoms with Gasteiger partial charge < -0.3 is 15.4 Å². The molecule has 1 saturated heterocycles. The van der Waals surface area contributed by atoms with Gasteiger partial charge in [-0.05, 0) is 65.8 Å². The second-order valence-corrected chi connectivity index (χ2v) is 7.94. The molecule has 1 fully saturated rings. The Morgan fingerprint density at radius 2 is 1.68 bits per heavy atom. The third-order valence-electron chi connectivity index (χ3n) is 5.15. The van der Waals surface area contributed by atoms with Crippen LogP contribution in [0, 0.1) is 0 Å². The minimum Gasteiger partial charge on any atom is -0.404 e. The Bertz CT molecular complexity index is 596. The van der Waals surface area contributed by atoms with E-state index in [0.717, 1.165) is 18.5 Å². The zero-order chi connectivity index (χ0) is 19.0. The molecule has 7 heteroatoms. The molecule has 2 N–H and O–H groups in total. The summed E-state index contributed by atoms with van der Waals surface area (Å²) < 4.78 is 41.5. The van der Waals surface area contributed by atoms with Crippen LogP contribution in [0.25, 0.3) is 0 Å². The number of ether oxygens (including phenoxy) is 1. The number of hydrogen-bond donors (Lipinski definition) is 2. The highest BCUT2D eigenvalue weighted by molar-refractivity contribution is 5.65. The second kappa shape index (κ2) is 6.59. The molecule has 142 valence electrons. The van der Waals surface area contributed by atoms with Gasteiger partial charge in [-0.25, -0.2) is 0 Å². The maximum Gasteiger partial charge on any atom is 0.573 e. The van der Waals surface area contributed by atoms with Gasteiger partial charge in [0.1, 0.15) is 0 Å². The van der Waals surface area contributed by atoms with E-state index in [1.54, 1.807) is 19.2 Å². The molecule has 0 radical (unpaired) electrons. The molecule has 2 rings (SSSR count). The molecule has 0 unspecified atom stereocenters. The summed E-state index contributed by atoms with van der Waals surface area (Å²) in [6, 6.07) is 4.85. The Hall–Kier alpha value is -1.63. The SMILES string of the molecule is CNc1cc(NC2CC(C)(C)N(C)C(C)(C)C2)ccc1OC(F)(F)F. The Morgan fingerprint density at radius 3 is 2.16 bits per heavy atom. The highest BCUT2D eigenvalue weighted by Crippen LogP contribution is 2.39. The van der Waals surface area contributed by atoms with Gasteiger partial charge in [0.2, 0.25) is 0 Å². The van der Waals surface area contributed by atoms with Crippen LogP contribution in [0.5, 0.6) is 5.75 Å². The predicted molar refractivity (Wildman–Crippen MR) is 95.2 cm³/mol. The Kier molecular flexibility index (Phi) is 5.19. The van der Waals surface area contributed by atoms with E-state index in [1.165, 1.54) is 6.07 Å². The van der Waals surface area contributed by atoms with Crippen molar-refractivity contribution in [1.82, 2.24) is 4.90 Å². The molecule has 1 aromatic carbocycles. The van der Waals surface area contributed by atoms with Gasteiger partial charge in [-0.3, -0.25) is 4.90 Å². The lowest BCUT2D eigenvalue weighted by atomic mass is 9.77. The average molecular weight is 359 g/mol. The lowest BCUT2D eigenvalue weighted by molar-refractivity contribution is -0.274. The maximum absolute atomic E-state index is 12.5. The topological polar surface area (TPSA) is 36.5 Å². The molecule has 0 saturated carbocycles. The van der Waals surface area contributed by atoms with Crippen LogP contribution in [-0.4, -0.2) is 42.5 Å². The van der Waals surface area contributed by atoms with Crippen molar-refractivity contribution >= 4 is 11.4 Å². The van der Waals surface area contributed by atoms with Crippen molar-refractivity contribution in [3.05, 3.63) is 18.2 Å². The van der Waals surface area contributed by atoms with Crippen molar-refractivity contribution in [2.75, 3.05) is 24.7 Å². The molecule has 4 nitrogen and oxygen atoms in total. The van der Waals surface area contributed by atoms with Crippen LogP contribution in [0.15, 0.2) is 18.2 Å². The molecule has 1 heterocycles. The number of likely N-dealkylation sites (tertiary alicyclic amines) is 1. The van der Waals surface area contributed by atoms with Gasteiger partial charge in [-0.1, -0.05) is 0 Å². The second-order valence-electron chi connectivity index (χ2n) is 7.94. The Labute approximate surface area is 147 Å². The third kappa shape index (κ3) is 4.71. The zero-order valence-electron chi connectivity index (χ0n) is 15.7. The van der Waals surface area contributed by atoms with E-state index in [0.29, 0.717) is 5.69 Å². The fraction of sp³-hybridized carbons (Fsp3) is 0.667. The fourth-order valence-electron chi connectivity index (χ4n) is 3.74. The number of rotatable bonds is 4. The summed E-state index contributed by atoms with van der Waals surface area (Å²) >= 11 is 0. The molecular formula is C18H28F3N3O.